The second kappa shape index (κ2) is 15.9. The zero-order chi connectivity index (χ0) is 42.1. The summed E-state index contributed by atoms with van der Waals surface area (Å²) in [7, 11) is 0. The van der Waals surface area contributed by atoms with Gasteiger partial charge in [0.15, 0.2) is 42.0 Å². The van der Waals surface area contributed by atoms with Gasteiger partial charge in [-0.05, 0) is 70.9 Å². The molecule has 1 aliphatic carbocycles. The van der Waals surface area contributed by atoms with Crippen LogP contribution in [0.3, 0.4) is 0 Å². The van der Waals surface area contributed by atoms with E-state index in [0.717, 1.165) is 0 Å². The number of carbonyl (C=O) groups excluding carboxylic acids is 4. The van der Waals surface area contributed by atoms with E-state index in [-0.39, 0.29) is 64.2 Å². The molecule has 0 saturated carbocycles. The third kappa shape index (κ3) is 7.88. The highest BCUT2D eigenvalue weighted by atomic mass is 16.7. The minimum Gasteiger partial charge on any atom is -0.507 e. The maximum Gasteiger partial charge on any atom is 0.306 e. The molecule has 5 aliphatic heterocycles. The number of aliphatic carboxylic acids is 1. The van der Waals surface area contributed by atoms with Crippen LogP contribution in [0.25, 0.3) is 0 Å². The van der Waals surface area contributed by atoms with Gasteiger partial charge in [-0.25, -0.2) is 0 Å². The molecule has 16 nitrogen and oxygen atoms in total. The molecule has 0 bridgehead atoms. The van der Waals surface area contributed by atoms with Crippen molar-refractivity contribution in [1.82, 2.24) is 0 Å². The van der Waals surface area contributed by atoms with Gasteiger partial charge >= 0.3 is 5.97 Å². The Labute approximate surface area is 339 Å². The number of ketones is 4. The van der Waals surface area contributed by atoms with Crippen molar-refractivity contribution in [1.29, 1.82) is 0 Å². The number of carboxylic acids is 1. The molecule has 3 N–H and O–H groups in total. The quantitative estimate of drug-likeness (QED) is 0.276. The molecule has 6 aliphatic rings. The second-order valence-corrected chi connectivity index (χ2v) is 16.5. The summed E-state index contributed by atoms with van der Waals surface area (Å²) in [5, 5.41) is 33.1. The summed E-state index contributed by atoms with van der Waals surface area (Å²) >= 11 is 0. The molecule has 5 heterocycles. The van der Waals surface area contributed by atoms with E-state index in [1.165, 1.54) is 30.3 Å². The largest absolute Gasteiger partial charge is 0.507 e. The molecule has 0 amide bonds. The number of benzene rings is 2. The summed E-state index contributed by atoms with van der Waals surface area (Å²) in [4.78, 5) is 64.3. The molecule has 59 heavy (non-hydrogen) atoms. The number of phenolic OH excluding ortho intramolecular Hbond substituents is 2. The Morgan fingerprint density at radius 3 is 2.22 bits per heavy atom. The van der Waals surface area contributed by atoms with Crippen molar-refractivity contribution in [3.8, 4) is 11.5 Å². The highest BCUT2D eigenvalue weighted by Crippen LogP contribution is 2.46. The zero-order valence-electron chi connectivity index (χ0n) is 33.3. The van der Waals surface area contributed by atoms with Crippen LogP contribution < -0.4 is 0 Å². The van der Waals surface area contributed by atoms with Gasteiger partial charge in [0, 0.05) is 42.4 Å². The summed E-state index contributed by atoms with van der Waals surface area (Å²) in [6.45, 7) is 8.45. The predicted molar refractivity (Wildman–Crippen MR) is 201 cm³/mol. The average Bonchev–Trinajstić information content (AvgIpc) is 3.16. The van der Waals surface area contributed by atoms with Gasteiger partial charge in [0.2, 0.25) is 0 Å². The number of hydrogen-bond acceptors (Lipinski definition) is 15. The lowest BCUT2D eigenvalue weighted by molar-refractivity contribution is -0.346. The first kappa shape index (κ1) is 41.3. The lowest BCUT2D eigenvalue weighted by Crippen LogP contribution is -2.60. The molecule has 316 valence electrons. The molecular weight excluding hydrogens is 772 g/mol. The average molecular weight is 821 g/mol. The van der Waals surface area contributed by atoms with Gasteiger partial charge in [0.05, 0.1) is 53.7 Å². The van der Waals surface area contributed by atoms with Crippen LogP contribution in [-0.4, -0.2) is 118 Å². The smallest absolute Gasteiger partial charge is 0.306 e. The number of ether oxygens (including phenoxy) is 8. The van der Waals surface area contributed by atoms with E-state index in [4.69, 9.17) is 37.9 Å². The first-order chi connectivity index (χ1) is 28.0. The minimum absolute atomic E-state index is 0.0771. The summed E-state index contributed by atoms with van der Waals surface area (Å²) in [5.74, 6) is -3.72. The minimum atomic E-state index is -1.43. The summed E-state index contributed by atoms with van der Waals surface area (Å²) in [6.07, 6.45) is -3.78. The van der Waals surface area contributed by atoms with Crippen molar-refractivity contribution in [2.45, 2.75) is 153 Å². The summed E-state index contributed by atoms with van der Waals surface area (Å²) in [6, 6.07) is 5.74. The highest BCUT2D eigenvalue weighted by molar-refractivity contribution is 6.30. The Hall–Kier alpha value is -4.39. The van der Waals surface area contributed by atoms with Crippen LogP contribution in [0.5, 0.6) is 11.5 Å². The van der Waals surface area contributed by atoms with Gasteiger partial charge in [-0.15, -0.1) is 0 Å². The van der Waals surface area contributed by atoms with E-state index in [1.54, 1.807) is 40.7 Å². The van der Waals surface area contributed by atoms with Gasteiger partial charge in [-0.2, -0.15) is 0 Å². The van der Waals surface area contributed by atoms with E-state index in [9.17, 15) is 39.3 Å². The zero-order valence-corrected chi connectivity index (χ0v) is 33.3. The Balaban J connectivity index is 0.978. The number of Topliss-reactive ketones (excluding diaryl/α,β-unsaturated/α-hetero) is 1. The molecule has 0 radical (unpaired) electrons. The number of rotatable bonds is 9. The molecule has 8 rings (SSSR count). The van der Waals surface area contributed by atoms with Crippen molar-refractivity contribution >= 4 is 29.1 Å². The number of carboxylic acid groups (broad SMARTS) is 1. The first-order valence-electron chi connectivity index (χ1n) is 20.0. The van der Waals surface area contributed by atoms with Crippen LogP contribution in [0.4, 0.5) is 0 Å². The van der Waals surface area contributed by atoms with Crippen LogP contribution in [0.1, 0.15) is 116 Å². The Kier molecular flexibility index (Phi) is 11.1. The maximum atomic E-state index is 14.1. The number of carbonyl (C=O) groups is 5. The van der Waals surface area contributed by atoms with Crippen LogP contribution in [-0.2, 0) is 58.7 Å². The standard InChI is InChI=1S/C43H48O16/c1-18-26(44)10-12-33(53-18)56-28-11-13-34(54-20(28)3)59-43(5,17-32(46)47)16-22-6-7-24-35(37(22)48)39(50)25-9-8-23(38(49)36(25)40(24)51)29-15-30-41(21(4)52-29)57-31-14-27(45)19(2)55-42(31)58-30/h6-10,12,18-21,28-31,33-34,41-42,48-49H,11,13-17H2,1-5H3,(H,46,47). The van der Waals surface area contributed by atoms with Gasteiger partial charge < -0.3 is 53.2 Å². The van der Waals surface area contributed by atoms with Gasteiger partial charge in [0.1, 0.15) is 35.9 Å². The van der Waals surface area contributed by atoms with Crippen molar-refractivity contribution in [3.05, 3.63) is 69.8 Å². The second-order valence-electron chi connectivity index (χ2n) is 16.5. The SMILES string of the molecule is CC1OC(OC2CCC(OC(C)(CC(=O)O)Cc3ccc4c(c3O)C(=O)c3ccc(C5CC6OC7OC(C)C(=O)CC7OC6C(C)O5)c(O)c3C4=O)OC2C)C=CC1=O. The monoisotopic (exact) mass is 820 g/mol. The summed E-state index contributed by atoms with van der Waals surface area (Å²) in [5.41, 5.74) is -1.74. The molecule has 4 fully saturated rings. The molecule has 0 aromatic heterocycles. The Morgan fingerprint density at radius 1 is 0.814 bits per heavy atom. The fraction of sp³-hybridized carbons (Fsp3) is 0.558. The number of hydrogen-bond donors (Lipinski definition) is 3. The molecular formula is C43H48O16. The predicted octanol–water partition coefficient (Wildman–Crippen LogP) is 4.15. The first-order valence-corrected chi connectivity index (χ1v) is 20.0. The van der Waals surface area contributed by atoms with Crippen LogP contribution >= 0.6 is 0 Å². The number of fused-ring (bicyclic) bond motifs is 4. The Bertz CT molecular complexity index is 2090. The van der Waals surface area contributed by atoms with Crippen molar-refractivity contribution < 1.29 is 77.2 Å². The normalized spacial score (nSPS) is 35.3. The lowest BCUT2D eigenvalue weighted by Gasteiger charge is -2.49. The van der Waals surface area contributed by atoms with Crippen molar-refractivity contribution in [2.24, 2.45) is 0 Å². The van der Waals surface area contributed by atoms with Gasteiger partial charge in [-0.3, -0.25) is 24.0 Å². The van der Waals surface area contributed by atoms with E-state index in [2.05, 4.69) is 0 Å². The maximum absolute atomic E-state index is 14.1. The fourth-order valence-electron chi connectivity index (χ4n) is 9.01. The van der Waals surface area contributed by atoms with Crippen LogP contribution in [0.2, 0.25) is 0 Å². The van der Waals surface area contributed by atoms with Gasteiger partial charge in [0.25, 0.3) is 0 Å². The lowest BCUT2D eigenvalue weighted by atomic mass is 9.79. The van der Waals surface area contributed by atoms with Crippen molar-refractivity contribution in [3.63, 3.8) is 0 Å². The topological polar surface area (TPSA) is 220 Å². The van der Waals surface area contributed by atoms with Gasteiger partial charge in [-0.1, -0.05) is 12.1 Å². The number of phenols is 2. The fourth-order valence-corrected chi connectivity index (χ4v) is 9.01. The van der Waals surface area contributed by atoms with Crippen LogP contribution in [0, 0.1) is 0 Å². The molecule has 16 heteroatoms. The highest BCUT2D eigenvalue weighted by Gasteiger charge is 2.51. The molecule has 4 saturated heterocycles. The van der Waals surface area contributed by atoms with E-state index >= 15 is 0 Å². The Morgan fingerprint density at radius 2 is 1.53 bits per heavy atom. The van der Waals surface area contributed by atoms with Crippen molar-refractivity contribution in [2.75, 3.05) is 0 Å². The summed E-state index contributed by atoms with van der Waals surface area (Å²) < 4.78 is 48.6. The number of aromatic hydroxyl groups is 2. The van der Waals surface area contributed by atoms with Crippen LogP contribution in [0.15, 0.2) is 36.4 Å². The molecule has 2 aromatic rings. The molecule has 13 unspecified atom stereocenters. The van der Waals surface area contributed by atoms with E-state index in [0.29, 0.717) is 12.8 Å². The molecule has 2 aromatic carbocycles. The molecule has 0 spiro atoms. The third-order valence-electron chi connectivity index (χ3n) is 12.1. The van der Waals surface area contributed by atoms with E-state index < -0.39 is 115 Å². The molecule has 13 atom stereocenters. The van der Waals surface area contributed by atoms with E-state index in [1.807, 2.05) is 0 Å². The third-order valence-corrected chi connectivity index (χ3v) is 12.1.